The molecule has 6 rings (SSSR count). The van der Waals surface area contributed by atoms with Crippen LogP contribution in [0.2, 0.25) is 0 Å². The fraction of sp³-hybridized carbons (Fsp3) is 0.318. The molecule has 0 radical (unpaired) electrons. The number of hydrogen-bond acceptors (Lipinski definition) is 4. The van der Waals surface area contributed by atoms with Crippen LogP contribution in [0, 0.1) is 11.7 Å². The second-order valence-corrected chi connectivity index (χ2v) is 11.0. The molecule has 0 amide bonds. The third kappa shape index (κ3) is 3.13. The van der Waals surface area contributed by atoms with E-state index in [-0.39, 0.29) is 18.1 Å². The van der Waals surface area contributed by atoms with Gasteiger partial charge in [0.05, 0.1) is 21.5 Å². The first kappa shape index (κ1) is 18.3. The lowest BCUT2D eigenvalue weighted by Crippen LogP contribution is -2.37. The van der Waals surface area contributed by atoms with Gasteiger partial charge in [-0.25, -0.2) is 9.37 Å². The van der Waals surface area contributed by atoms with E-state index < -0.39 is 0 Å². The van der Waals surface area contributed by atoms with Crippen LogP contribution in [0.5, 0.6) is 5.75 Å². The molecule has 1 saturated carbocycles. The van der Waals surface area contributed by atoms with Gasteiger partial charge in [0.1, 0.15) is 11.6 Å². The first-order valence-corrected chi connectivity index (χ1v) is 12.1. The van der Waals surface area contributed by atoms with E-state index in [2.05, 4.69) is 53.9 Å². The van der Waals surface area contributed by atoms with Crippen LogP contribution >= 0.6 is 43.2 Å². The highest BCUT2D eigenvalue weighted by atomic mass is 79.9. The Balaban J connectivity index is 1.47. The van der Waals surface area contributed by atoms with Crippen LogP contribution in [-0.2, 0) is 12.8 Å². The molecule has 29 heavy (non-hydrogen) atoms. The molecule has 0 bridgehead atoms. The number of benzene rings is 2. The molecule has 0 N–H and O–H groups in total. The van der Waals surface area contributed by atoms with E-state index >= 15 is 4.39 Å². The third-order valence-corrected chi connectivity index (χ3v) is 7.93. The Morgan fingerprint density at radius 3 is 2.86 bits per heavy atom. The average molecular weight is 536 g/mol. The van der Waals surface area contributed by atoms with Crippen molar-refractivity contribution in [3.63, 3.8) is 0 Å². The molecule has 2 aromatic carbocycles. The van der Waals surface area contributed by atoms with Crippen molar-refractivity contribution < 1.29 is 9.13 Å². The van der Waals surface area contributed by atoms with Crippen molar-refractivity contribution >= 4 is 48.9 Å². The van der Waals surface area contributed by atoms with Crippen LogP contribution in [0.15, 0.2) is 45.5 Å². The zero-order chi connectivity index (χ0) is 19.7. The van der Waals surface area contributed by atoms with Crippen molar-refractivity contribution in [1.29, 1.82) is 0 Å². The van der Waals surface area contributed by atoms with Gasteiger partial charge < -0.3 is 9.64 Å². The molecule has 0 spiro atoms. The summed E-state index contributed by atoms with van der Waals surface area (Å²) in [7, 11) is 0. The van der Waals surface area contributed by atoms with Crippen LogP contribution in [0.25, 0.3) is 0 Å². The standard InChI is InChI=1S/C22H17Br2FN2OS/c23-13-3-4-16-12(6-13)7-17-21-15(25)8-14(24)9-18(21)28-22(27(16)17)19-10-26-20(29-19)5-11-1-2-11/h3-4,6,8-11,17,22H,1-2,5,7H2. The largest absolute Gasteiger partial charge is 0.465 e. The molecule has 3 nitrogen and oxygen atoms in total. The summed E-state index contributed by atoms with van der Waals surface area (Å²) < 4.78 is 23.2. The molecule has 3 aromatic rings. The second-order valence-electron chi connectivity index (χ2n) is 7.97. The number of aromatic nitrogens is 1. The van der Waals surface area contributed by atoms with Crippen LogP contribution < -0.4 is 9.64 Å². The molecule has 2 unspecified atom stereocenters. The molecule has 2 atom stereocenters. The molecule has 1 aliphatic carbocycles. The SMILES string of the molecule is Fc1cc(Br)cc2c1C1Cc3cc(Br)ccc3N1C(c1cnc(CC3CC3)s1)O2. The van der Waals surface area contributed by atoms with Gasteiger partial charge in [0.25, 0.3) is 0 Å². The zero-order valence-electron chi connectivity index (χ0n) is 15.4. The van der Waals surface area contributed by atoms with Gasteiger partial charge >= 0.3 is 0 Å². The van der Waals surface area contributed by atoms with Crippen LogP contribution in [0.3, 0.4) is 0 Å². The summed E-state index contributed by atoms with van der Waals surface area (Å²) in [5.41, 5.74) is 2.95. The van der Waals surface area contributed by atoms with Gasteiger partial charge in [-0.05, 0) is 61.1 Å². The lowest BCUT2D eigenvalue weighted by atomic mass is 9.99. The average Bonchev–Trinajstić information content (AvgIpc) is 3.22. The van der Waals surface area contributed by atoms with Crippen LogP contribution in [0.1, 0.15) is 46.1 Å². The van der Waals surface area contributed by atoms with Crippen molar-refractivity contribution in [3.8, 4) is 5.75 Å². The third-order valence-electron chi connectivity index (χ3n) is 5.92. The lowest BCUT2D eigenvalue weighted by Gasteiger charge is -2.40. The second kappa shape index (κ2) is 6.79. The number of thiazole rings is 1. The van der Waals surface area contributed by atoms with E-state index in [1.807, 2.05) is 18.3 Å². The molecular weight excluding hydrogens is 519 g/mol. The Kier molecular flexibility index (Phi) is 4.29. The Labute approximate surface area is 189 Å². The number of halogens is 3. The minimum Gasteiger partial charge on any atom is -0.465 e. The molecule has 7 heteroatoms. The number of rotatable bonds is 3. The van der Waals surface area contributed by atoms with E-state index in [1.54, 1.807) is 11.3 Å². The highest BCUT2D eigenvalue weighted by molar-refractivity contribution is 9.10. The maximum Gasteiger partial charge on any atom is 0.210 e. The van der Waals surface area contributed by atoms with Crippen LogP contribution in [-0.4, -0.2) is 4.98 Å². The number of nitrogens with zero attached hydrogens (tertiary/aromatic N) is 2. The van der Waals surface area contributed by atoms with Crippen molar-refractivity contribution in [2.45, 2.75) is 38.0 Å². The highest BCUT2D eigenvalue weighted by Gasteiger charge is 2.44. The first-order chi connectivity index (χ1) is 14.1. The Morgan fingerprint density at radius 2 is 2.03 bits per heavy atom. The normalized spacial score (nSPS) is 22.1. The number of fused-ring (bicyclic) bond motifs is 5. The summed E-state index contributed by atoms with van der Waals surface area (Å²) in [5, 5.41) is 1.17. The van der Waals surface area contributed by atoms with Gasteiger partial charge in [0.2, 0.25) is 6.23 Å². The predicted octanol–water partition coefficient (Wildman–Crippen LogP) is 6.95. The molecule has 148 valence electrons. The molecule has 2 aliphatic heterocycles. The van der Waals surface area contributed by atoms with Gasteiger partial charge in [-0.3, -0.25) is 0 Å². The molecule has 1 fully saturated rings. The summed E-state index contributed by atoms with van der Waals surface area (Å²) in [6.45, 7) is 0. The van der Waals surface area contributed by atoms with Crippen LogP contribution in [0.4, 0.5) is 10.1 Å². The fourth-order valence-electron chi connectivity index (χ4n) is 4.43. The van der Waals surface area contributed by atoms with Crippen molar-refractivity contribution in [3.05, 3.63) is 72.3 Å². The van der Waals surface area contributed by atoms with Crippen molar-refractivity contribution in [2.24, 2.45) is 5.92 Å². The maximum atomic E-state index is 15.0. The number of anilines is 1. The summed E-state index contributed by atoms with van der Waals surface area (Å²) in [6.07, 6.45) is 6.09. The van der Waals surface area contributed by atoms with E-state index in [1.165, 1.54) is 29.5 Å². The van der Waals surface area contributed by atoms with E-state index in [0.717, 1.165) is 33.8 Å². The molecular formula is C22H17Br2FN2OS. The summed E-state index contributed by atoms with van der Waals surface area (Å²) in [5.74, 6) is 1.19. The number of ether oxygens (including phenoxy) is 1. The predicted molar refractivity (Wildman–Crippen MR) is 119 cm³/mol. The molecule has 3 aliphatic rings. The van der Waals surface area contributed by atoms with Crippen molar-refractivity contribution in [2.75, 3.05) is 4.90 Å². The first-order valence-electron chi connectivity index (χ1n) is 9.74. The fourth-order valence-corrected chi connectivity index (χ4v) is 6.31. The van der Waals surface area contributed by atoms with E-state index in [9.17, 15) is 0 Å². The lowest BCUT2D eigenvalue weighted by molar-refractivity contribution is 0.167. The summed E-state index contributed by atoms with van der Waals surface area (Å²) in [6, 6.07) is 9.59. The molecule has 0 saturated heterocycles. The highest BCUT2D eigenvalue weighted by Crippen LogP contribution is 2.53. The molecule has 3 heterocycles. The van der Waals surface area contributed by atoms with Gasteiger partial charge in [-0.1, -0.05) is 31.9 Å². The quantitative estimate of drug-likeness (QED) is 0.362. The van der Waals surface area contributed by atoms with Gasteiger partial charge in [0, 0.05) is 27.3 Å². The van der Waals surface area contributed by atoms with E-state index in [0.29, 0.717) is 15.8 Å². The smallest absolute Gasteiger partial charge is 0.210 e. The summed E-state index contributed by atoms with van der Waals surface area (Å²) in [4.78, 5) is 7.98. The monoisotopic (exact) mass is 534 g/mol. The van der Waals surface area contributed by atoms with Gasteiger partial charge in [0.15, 0.2) is 0 Å². The maximum absolute atomic E-state index is 15.0. The Hall–Kier alpha value is -1.44. The van der Waals surface area contributed by atoms with Crippen molar-refractivity contribution in [1.82, 2.24) is 4.98 Å². The number of hydrogen-bond donors (Lipinski definition) is 0. The zero-order valence-corrected chi connectivity index (χ0v) is 19.4. The van der Waals surface area contributed by atoms with Gasteiger partial charge in [-0.2, -0.15) is 0 Å². The van der Waals surface area contributed by atoms with Gasteiger partial charge in [-0.15, -0.1) is 11.3 Å². The minimum absolute atomic E-state index is 0.0878. The Morgan fingerprint density at radius 1 is 1.17 bits per heavy atom. The van der Waals surface area contributed by atoms with E-state index in [4.69, 9.17) is 4.74 Å². The molecule has 1 aromatic heterocycles. The Bertz CT molecular complexity index is 1130. The summed E-state index contributed by atoms with van der Waals surface area (Å²) >= 11 is 8.72. The minimum atomic E-state index is -0.297. The topological polar surface area (TPSA) is 25.4 Å².